The van der Waals surface area contributed by atoms with E-state index in [4.69, 9.17) is 26.0 Å². The molecule has 0 aliphatic carbocycles. The Labute approximate surface area is 150 Å². The van der Waals surface area contributed by atoms with E-state index >= 15 is 0 Å². The Morgan fingerprint density at radius 1 is 1.23 bits per heavy atom. The molecule has 1 rings (SSSR count). The van der Waals surface area contributed by atoms with Gasteiger partial charge in [0.2, 0.25) is 5.91 Å². The first-order valence-corrected chi connectivity index (χ1v) is 8.15. The van der Waals surface area contributed by atoms with Gasteiger partial charge in [-0.3, -0.25) is 4.79 Å². The van der Waals surface area contributed by atoms with E-state index in [0.29, 0.717) is 0 Å². The second kappa shape index (κ2) is 10.4. The van der Waals surface area contributed by atoms with Gasteiger partial charge in [0.25, 0.3) is 0 Å². The van der Waals surface area contributed by atoms with E-state index in [9.17, 15) is 30.3 Å². The largest absolute Gasteiger partial charge is 0.394 e. The first kappa shape index (κ1) is 23.1. The van der Waals surface area contributed by atoms with E-state index in [-0.39, 0.29) is 6.54 Å². The minimum Gasteiger partial charge on any atom is -0.394 e. The summed E-state index contributed by atoms with van der Waals surface area (Å²) in [5.74, 6) is -0.507. The van der Waals surface area contributed by atoms with Crippen LogP contribution in [0.2, 0.25) is 0 Å². The summed E-state index contributed by atoms with van der Waals surface area (Å²) in [5, 5.41) is 60.9. The molecule has 12 nitrogen and oxygen atoms in total. The van der Waals surface area contributed by atoms with Crippen LogP contribution < -0.4 is 16.8 Å². The second-order valence-electron chi connectivity index (χ2n) is 6.16. The predicted octanol–water partition coefficient (Wildman–Crippen LogP) is -5.68. The Hall–Kier alpha value is -0.930. The fourth-order valence-corrected chi connectivity index (χ4v) is 2.68. The van der Waals surface area contributed by atoms with Crippen LogP contribution in [0.15, 0.2) is 0 Å². The van der Waals surface area contributed by atoms with Crippen molar-refractivity contribution in [1.82, 2.24) is 5.32 Å². The lowest BCUT2D eigenvalue weighted by atomic mass is 9.95. The summed E-state index contributed by atoms with van der Waals surface area (Å²) < 4.78 is 10.8. The van der Waals surface area contributed by atoms with Crippen molar-refractivity contribution in [2.75, 3.05) is 19.8 Å². The molecule has 1 heterocycles. The molecule has 12 heteroatoms. The highest BCUT2D eigenvalue weighted by molar-refractivity contribution is 5.73. The van der Waals surface area contributed by atoms with Crippen LogP contribution in [0.3, 0.4) is 0 Å². The van der Waals surface area contributed by atoms with E-state index in [1.54, 1.807) is 0 Å². The SMILES string of the molecule is CC(=O)N[C@H]1[C@@H](O)[C@@H](O)[C@@H](O[C@@H]([C@H](N)[C@H](O)CO)[C@@H](O)CN)O[C@@H]1CO. The molecule has 1 amide bonds. The number of aliphatic hydroxyl groups is 6. The number of carbonyl (C=O) groups excluding carboxylic acids is 1. The van der Waals surface area contributed by atoms with Crippen LogP contribution in [0, 0.1) is 0 Å². The van der Waals surface area contributed by atoms with Gasteiger partial charge in [-0.25, -0.2) is 0 Å². The summed E-state index contributed by atoms with van der Waals surface area (Å²) in [4.78, 5) is 11.2. The summed E-state index contributed by atoms with van der Waals surface area (Å²) in [6.07, 6.45) is -10.1. The lowest BCUT2D eigenvalue weighted by Gasteiger charge is -2.44. The van der Waals surface area contributed by atoms with Crippen LogP contribution in [0.1, 0.15) is 6.92 Å². The summed E-state index contributed by atoms with van der Waals surface area (Å²) in [6.45, 7) is -0.429. The molecular weight excluding hydrogens is 354 g/mol. The molecule has 1 fully saturated rings. The molecule has 0 aromatic carbocycles. The molecule has 0 saturated carbocycles. The Kier molecular flexibility index (Phi) is 9.26. The molecule has 0 unspecified atom stereocenters. The summed E-state index contributed by atoms with van der Waals surface area (Å²) >= 11 is 0. The molecule has 1 saturated heterocycles. The molecule has 0 aromatic rings. The van der Waals surface area contributed by atoms with E-state index in [2.05, 4.69) is 5.32 Å². The number of amides is 1. The van der Waals surface area contributed by atoms with Crippen molar-refractivity contribution in [2.45, 2.75) is 61.9 Å². The summed E-state index contributed by atoms with van der Waals surface area (Å²) in [5.41, 5.74) is 11.1. The van der Waals surface area contributed by atoms with Crippen LogP contribution >= 0.6 is 0 Å². The van der Waals surface area contributed by atoms with Gasteiger partial charge in [-0.1, -0.05) is 0 Å². The normalized spacial score (nSPS) is 34.0. The number of hydrogen-bond donors (Lipinski definition) is 9. The molecule has 11 N–H and O–H groups in total. The quantitative estimate of drug-likeness (QED) is 0.182. The Morgan fingerprint density at radius 2 is 1.85 bits per heavy atom. The summed E-state index contributed by atoms with van der Waals surface area (Å²) in [6, 6.07) is -2.38. The van der Waals surface area contributed by atoms with Crippen molar-refractivity contribution in [3.05, 3.63) is 0 Å². The molecule has 0 spiro atoms. The average molecular weight is 383 g/mol. The van der Waals surface area contributed by atoms with Crippen LogP contribution in [0.5, 0.6) is 0 Å². The Balaban J connectivity index is 2.96. The third kappa shape index (κ3) is 5.53. The van der Waals surface area contributed by atoms with E-state index < -0.39 is 74.1 Å². The molecule has 0 aromatic heterocycles. The summed E-state index contributed by atoms with van der Waals surface area (Å²) in [7, 11) is 0. The molecule has 154 valence electrons. The first-order chi connectivity index (χ1) is 12.2. The van der Waals surface area contributed by atoms with Gasteiger partial charge in [0.1, 0.15) is 24.4 Å². The second-order valence-corrected chi connectivity index (χ2v) is 6.16. The van der Waals surface area contributed by atoms with Gasteiger partial charge in [-0.05, 0) is 0 Å². The third-order valence-electron chi connectivity index (χ3n) is 4.18. The number of rotatable bonds is 9. The molecule has 1 aliphatic rings. The van der Waals surface area contributed by atoms with Gasteiger partial charge in [-0.15, -0.1) is 0 Å². The zero-order chi connectivity index (χ0) is 20.0. The molecule has 9 atom stereocenters. The molecule has 1 aliphatic heterocycles. The van der Waals surface area contributed by atoms with Crippen molar-refractivity contribution < 1.29 is 44.9 Å². The Morgan fingerprint density at radius 3 is 2.31 bits per heavy atom. The van der Waals surface area contributed by atoms with Crippen LogP contribution in [-0.2, 0) is 14.3 Å². The van der Waals surface area contributed by atoms with Crippen molar-refractivity contribution in [2.24, 2.45) is 11.5 Å². The van der Waals surface area contributed by atoms with Crippen molar-refractivity contribution >= 4 is 5.91 Å². The smallest absolute Gasteiger partial charge is 0.217 e. The minimum atomic E-state index is -1.67. The van der Waals surface area contributed by atoms with Crippen molar-refractivity contribution in [3.8, 4) is 0 Å². The fraction of sp³-hybridized carbons (Fsp3) is 0.929. The van der Waals surface area contributed by atoms with Gasteiger partial charge < -0.3 is 56.9 Å². The highest BCUT2D eigenvalue weighted by atomic mass is 16.7. The monoisotopic (exact) mass is 383 g/mol. The van der Waals surface area contributed by atoms with Gasteiger partial charge >= 0.3 is 0 Å². The number of hydrogen-bond acceptors (Lipinski definition) is 11. The van der Waals surface area contributed by atoms with Crippen molar-refractivity contribution in [1.29, 1.82) is 0 Å². The fourth-order valence-electron chi connectivity index (χ4n) is 2.68. The maximum Gasteiger partial charge on any atom is 0.217 e. The lowest BCUT2D eigenvalue weighted by Crippen LogP contribution is -2.66. The van der Waals surface area contributed by atoms with E-state index in [1.165, 1.54) is 6.92 Å². The van der Waals surface area contributed by atoms with Gasteiger partial charge in [0.15, 0.2) is 6.29 Å². The number of nitrogens with one attached hydrogen (secondary N) is 1. The van der Waals surface area contributed by atoms with Gasteiger partial charge in [0, 0.05) is 13.5 Å². The first-order valence-electron chi connectivity index (χ1n) is 8.15. The third-order valence-corrected chi connectivity index (χ3v) is 4.18. The molecular formula is C14H29N3O9. The van der Waals surface area contributed by atoms with E-state index in [1.807, 2.05) is 0 Å². The highest BCUT2D eigenvalue weighted by Gasteiger charge is 2.47. The topological polar surface area (TPSA) is 221 Å². The molecule has 26 heavy (non-hydrogen) atoms. The molecule has 0 radical (unpaired) electrons. The number of ether oxygens (including phenoxy) is 2. The number of carbonyl (C=O) groups is 1. The zero-order valence-electron chi connectivity index (χ0n) is 14.4. The standard InChI is InChI=1S/C14H29N3O9/c1-5(20)17-10-8(4-19)25-14(12(24)11(10)23)26-13(6(21)2-15)9(16)7(22)3-18/h6-14,18-19,21-24H,2-4,15-16H2,1H3,(H,17,20)/t6-,7+,8+,9+,10+,11+,12+,13+,14+/m0/s1. The van der Waals surface area contributed by atoms with Crippen LogP contribution in [0.4, 0.5) is 0 Å². The van der Waals surface area contributed by atoms with Gasteiger partial charge in [0.05, 0.1) is 37.5 Å². The predicted molar refractivity (Wildman–Crippen MR) is 86.4 cm³/mol. The van der Waals surface area contributed by atoms with Crippen molar-refractivity contribution in [3.63, 3.8) is 0 Å². The number of nitrogens with two attached hydrogens (primary N) is 2. The van der Waals surface area contributed by atoms with Crippen LogP contribution in [-0.4, -0.2) is 111 Å². The minimum absolute atomic E-state index is 0.306. The van der Waals surface area contributed by atoms with Crippen LogP contribution in [0.25, 0.3) is 0 Å². The van der Waals surface area contributed by atoms with Gasteiger partial charge in [-0.2, -0.15) is 0 Å². The maximum atomic E-state index is 11.2. The Bertz CT molecular complexity index is 442. The number of aliphatic hydroxyl groups excluding tert-OH is 6. The zero-order valence-corrected chi connectivity index (χ0v) is 14.4. The highest BCUT2D eigenvalue weighted by Crippen LogP contribution is 2.24. The lowest BCUT2D eigenvalue weighted by molar-refractivity contribution is -0.302. The van der Waals surface area contributed by atoms with E-state index in [0.717, 1.165) is 0 Å². The molecule has 0 bridgehead atoms. The maximum absolute atomic E-state index is 11.2. The average Bonchev–Trinajstić information content (AvgIpc) is 2.62.